The summed E-state index contributed by atoms with van der Waals surface area (Å²) in [5.74, 6) is -0.0917. The highest BCUT2D eigenvalue weighted by molar-refractivity contribution is 5.95. The molecule has 6 heteroatoms. The van der Waals surface area contributed by atoms with Gasteiger partial charge in [0.25, 0.3) is 0 Å². The molecule has 0 atom stereocenters. The van der Waals surface area contributed by atoms with Crippen molar-refractivity contribution in [1.82, 2.24) is 14.3 Å². The minimum absolute atomic E-state index is 0.0516. The Balaban J connectivity index is 1.83. The number of aryl methyl sites for hydroxylation is 2. The molecule has 0 saturated carbocycles. The summed E-state index contributed by atoms with van der Waals surface area (Å²) in [6, 6.07) is 14.8. The van der Waals surface area contributed by atoms with Crippen molar-refractivity contribution in [2.45, 2.75) is 71.9 Å². The predicted molar refractivity (Wildman–Crippen MR) is 127 cm³/mol. The van der Waals surface area contributed by atoms with Gasteiger partial charge in [-0.25, -0.2) is 14.3 Å². The van der Waals surface area contributed by atoms with Crippen molar-refractivity contribution >= 4 is 5.97 Å². The van der Waals surface area contributed by atoms with E-state index in [0.29, 0.717) is 18.7 Å². The zero-order valence-corrected chi connectivity index (χ0v) is 19.1. The molecule has 0 saturated heterocycles. The van der Waals surface area contributed by atoms with Crippen LogP contribution >= 0.6 is 0 Å². The van der Waals surface area contributed by atoms with Crippen LogP contribution < -0.4 is 5.69 Å². The Kier molecular flexibility index (Phi) is 8.42. The third-order valence-electron chi connectivity index (χ3n) is 5.74. The maximum absolute atomic E-state index is 13.0. The Morgan fingerprint density at radius 1 is 0.938 bits per heavy atom. The number of unbranched alkanes of at least 4 members (excludes halogenated alkanes) is 4. The second-order valence-corrected chi connectivity index (χ2v) is 8.22. The lowest BCUT2D eigenvalue weighted by molar-refractivity contribution is 0.0697. The highest BCUT2D eigenvalue weighted by Crippen LogP contribution is 2.24. The minimum Gasteiger partial charge on any atom is -0.478 e. The summed E-state index contributed by atoms with van der Waals surface area (Å²) in [7, 11) is 0. The van der Waals surface area contributed by atoms with Crippen LogP contribution in [0.15, 0.2) is 53.3 Å². The molecule has 32 heavy (non-hydrogen) atoms. The van der Waals surface area contributed by atoms with E-state index in [4.69, 9.17) is 0 Å². The van der Waals surface area contributed by atoms with Crippen molar-refractivity contribution in [3.05, 3.63) is 76.0 Å². The lowest BCUT2D eigenvalue weighted by atomic mass is 9.99. The molecule has 0 amide bonds. The van der Waals surface area contributed by atoms with Gasteiger partial charge >= 0.3 is 11.7 Å². The number of carbonyl (C=O) groups is 1. The van der Waals surface area contributed by atoms with E-state index in [9.17, 15) is 14.7 Å². The molecule has 3 aromatic rings. The topological polar surface area (TPSA) is 77.1 Å². The number of carboxylic acids is 1. The molecule has 0 aliphatic carbocycles. The Hall–Kier alpha value is -3.15. The fourth-order valence-corrected chi connectivity index (χ4v) is 3.89. The van der Waals surface area contributed by atoms with Gasteiger partial charge in [0, 0.05) is 13.0 Å². The monoisotopic (exact) mass is 435 g/mol. The van der Waals surface area contributed by atoms with Gasteiger partial charge in [-0.2, -0.15) is 5.10 Å². The molecule has 0 fully saturated rings. The van der Waals surface area contributed by atoms with Gasteiger partial charge in [0.15, 0.2) is 0 Å². The SMILES string of the molecule is CCCCCCc1nn(CCCC)c(=O)n1Cc1ccc(-c2ccccc2C(=O)O)cc1. The summed E-state index contributed by atoms with van der Waals surface area (Å²) in [4.78, 5) is 24.5. The van der Waals surface area contributed by atoms with E-state index in [-0.39, 0.29) is 11.3 Å². The summed E-state index contributed by atoms with van der Waals surface area (Å²) in [5.41, 5.74) is 2.76. The van der Waals surface area contributed by atoms with Gasteiger partial charge in [-0.15, -0.1) is 0 Å². The number of rotatable bonds is 12. The van der Waals surface area contributed by atoms with Gasteiger partial charge in [-0.3, -0.25) is 4.57 Å². The van der Waals surface area contributed by atoms with Crippen LogP contribution in [0.4, 0.5) is 0 Å². The normalized spacial score (nSPS) is 11.1. The second-order valence-electron chi connectivity index (χ2n) is 8.22. The first kappa shape index (κ1) is 23.5. The number of aromatic nitrogens is 3. The summed E-state index contributed by atoms with van der Waals surface area (Å²) in [6.07, 6.45) is 7.30. The van der Waals surface area contributed by atoms with Crippen LogP contribution in [0.2, 0.25) is 0 Å². The largest absolute Gasteiger partial charge is 0.478 e. The maximum Gasteiger partial charge on any atom is 0.346 e. The van der Waals surface area contributed by atoms with Crippen molar-refractivity contribution in [1.29, 1.82) is 0 Å². The molecule has 1 N–H and O–H groups in total. The van der Waals surface area contributed by atoms with Gasteiger partial charge in [0.2, 0.25) is 0 Å². The molecule has 6 nitrogen and oxygen atoms in total. The zero-order chi connectivity index (χ0) is 22.9. The van der Waals surface area contributed by atoms with Crippen LogP contribution in [0.5, 0.6) is 0 Å². The average Bonchev–Trinajstić information content (AvgIpc) is 3.10. The second kappa shape index (κ2) is 11.5. The number of aromatic carboxylic acids is 1. The van der Waals surface area contributed by atoms with Crippen LogP contribution in [0.25, 0.3) is 11.1 Å². The molecular formula is C26H33N3O3. The molecule has 0 aliphatic heterocycles. The van der Waals surface area contributed by atoms with Gasteiger partial charge in [-0.05, 0) is 35.6 Å². The van der Waals surface area contributed by atoms with Crippen LogP contribution in [-0.2, 0) is 19.5 Å². The molecular weight excluding hydrogens is 402 g/mol. The molecule has 1 aromatic heterocycles. The highest BCUT2D eigenvalue weighted by atomic mass is 16.4. The van der Waals surface area contributed by atoms with Crippen molar-refractivity contribution < 1.29 is 9.90 Å². The third-order valence-corrected chi connectivity index (χ3v) is 5.74. The Morgan fingerprint density at radius 2 is 1.66 bits per heavy atom. The smallest absolute Gasteiger partial charge is 0.346 e. The fourth-order valence-electron chi connectivity index (χ4n) is 3.89. The van der Waals surface area contributed by atoms with Crippen LogP contribution in [-0.4, -0.2) is 25.4 Å². The van der Waals surface area contributed by atoms with Crippen molar-refractivity contribution in [2.75, 3.05) is 0 Å². The molecule has 0 bridgehead atoms. The number of hydrogen-bond acceptors (Lipinski definition) is 3. The molecule has 0 radical (unpaired) electrons. The van der Waals surface area contributed by atoms with Crippen LogP contribution in [0, 0.1) is 0 Å². The van der Waals surface area contributed by atoms with E-state index in [0.717, 1.165) is 49.1 Å². The first-order valence-electron chi connectivity index (χ1n) is 11.6. The predicted octanol–water partition coefficient (Wildman–Crippen LogP) is 5.38. The van der Waals surface area contributed by atoms with Crippen molar-refractivity contribution in [3.8, 4) is 11.1 Å². The summed E-state index contributed by atoms with van der Waals surface area (Å²) >= 11 is 0. The standard InChI is InChI=1S/C26H33N3O3/c1-3-5-7-8-13-24-27-29(18-6-4-2)26(32)28(24)19-20-14-16-21(17-15-20)22-11-9-10-12-23(22)25(30)31/h9-12,14-17H,3-8,13,18-19H2,1-2H3,(H,30,31). The number of hydrogen-bond donors (Lipinski definition) is 1. The number of carboxylic acid groups (broad SMARTS) is 1. The Labute approximate surface area is 189 Å². The van der Waals surface area contributed by atoms with Gasteiger partial charge in [0.05, 0.1) is 12.1 Å². The molecule has 1 heterocycles. The van der Waals surface area contributed by atoms with Crippen LogP contribution in [0.1, 0.15) is 74.1 Å². The zero-order valence-electron chi connectivity index (χ0n) is 19.1. The van der Waals surface area contributed by atoms with E-state index < -0.39 is 5.97 Å². The van der Waals surface area contributed by atoms with Crippen molar-refractivity contribution in [2.24, 2.45) is 0 Å². The minimum atomic E-state index is -0.941. The Morgan fingerprint density at radius 3 is 2.34 bits per heavy atom. The summed E-state index contributed by atoms with van der Waals surface area (Å²) in [5, 5.41) is 14.1. The Bertz CT molecular complexity index is 1080. The summed E-state index contributed by atoms with van der Waals surface area (Å²) < 4.78 is 3.40. The highest BCUT2D eigenvalue weighted by Gasteiger charge is 2.14. The van der Waals surface area contributed by atoms with E-state index in [1.807, 2.05) is 36.4 Å². The van der Waals surface area contributed by atoms with Crippen LogP contribution in [0.3, 0.4) is 0 Å². The van der Waals surface area contributed by atoms with E-state index in [1.54, 1.807) is 21.4 Å². The molecule has 170 valence electrons. The lowest BCUT2D eigenvalue weighted by Crippen LogP contribution is -2.26. The van der Waals surface area contributed by atoms with Gasteiger partial charge in [-0.1, -0.05) is 82.0 Å². The van der Waals surface area contributed by atoms with E-state index >= 15 is 0 Å². The van der Waals surface area contributed by atoms with E-state index in [2.05, 4.69) is 18.9 Å². The van der Waals surface area contributed by atoms with Crippen molar-refractivity contribution in [3.63, 3.8) is 0 Å². The fraction of sp³-hybridized carbons (Fsp3) is 0.423. The quantitative estimate of drug-likeness (QED) is 0.387. The lowest BCUT2D eigenvalue weighted by Gasteiger charge is -2.09. The number of benzene rings is 2. The molecule has 0 spiro atoms. The molecule has 0 unspecified atom stereocenters. The third kappa shape index (κ3) is 5.75. The summed E-state index contributed by atoms with van der Waals surface area (Å²) in [6.45, 7) is 5.41. The average molecular weight is 436 g/mol. The molecule has 0 aliphatic rings. The number of nitrogens with zero attached hydrogens (tertiary/aromatic N) is 3. The molecule has 3 rings (SSSR count). The van der Waals surface area contributed by atoms with Gasteiger partial charge < -0.3 is 5.11 Å². The first-order chi connectivity index (χ1) is 15.5. The molecule has 2 aromatic carbocycles. The van der Waals surface area contributed by atoms with Gasteiger partial charge in [0.1, 0.15) is 5.82 Å². The maximum atomic E-state index is 13.0. The van der Waals surface area contributed by atoms with E-state index in [1.165, 1.54) is 12.8 Å². The first-order valence-corrected chi connectivity index (χ1v) is 11.6.